The molecule has 0 amide bonds. The summed E-state index contributed by atoms with van der Waals surface area (Å²) in [6.45, 7) is 5.87. The highest BCUT2D eigenvalue weighted by Gasteiger charge is 2.10. The maximum Gasteiger partial charge on any atom is 0.101 e. The van der Waals surface area contributed by atoms with Crippen LogP contribution >= 0.6 is 0 Å². The number of benzene rings is 1. The van der Waals surface area contributed by atoms with Crippen molar-refractivity contribution in [2.45, 2.75) is 38.5 Å². The van der Waals surface area contributed by atoms with Crippen molar-refractivity contribution >= 4 is 11.5 Å². The summed E-state index contributed by atoms with van der Waals surface area (Å²) in [6, 6.07) is 8.56. The Hall–Kier alpha value is -1.43. The van der Waals surface area contributed by atoms with Crippen LogP contribution in [0.4, 0.5) is 5.69 Å². The maximum atomic E-state index is 5.46. The molecule has 5 N–H and O–H groups in total. The summed E-state index contributed by atoms with van der Waals surface area (Å²) in [5.74, 6) is 1.14. The molecule has 0 aliphatic carbocycles. The van der Waals surface area contributed by atoms with Crippen LogP contribution in [0, 0.1) is 0 Å². The van der Waals surface area contributed by atoms with Crippen molar-refractivity contribution in [2.75, 3.05) is 44.6 Å². The van der Waals surface area contributed by atoms with E-state index < -0.39 is 0 Å². The minimum Gasteiger partial charge on any atom is -0.344 e. The quantitative estimate of drug-likeness (QED) is 0.469. The molecule has 1 aliphatic rings. The number of para-hydroxylation sites is 1. The van der Waals surface area contributed by atoms with E-state index in [4.69, 9.17) is 10.7 Å². The monoisotopic (exact) mass is 331 g/mol. The third kappa shape index (κ3) is 7.43. The highest BCUT2D eigenvalue weighted by molar-refractivity contribution is 5.96. The van der Waals surface area contributed by atoms with Crippen LogP contribution in [-0.2, 0) is 6.42 Å². The zero-order valence-corrected chi connectivity index (χ0v) is 14.8. The summed E-state index contributed by atoms with van der Waals surface area (Å²) in [4.78, 5) is 4.75. The first-order valence-corrected chi connectivity index (χ1v) is 9.40. The van der Waals surface area contributed by atoms with E-state index in [-0.39, 0.29) is 0 Å². The van der Waals surface area contributed by atoms with Gasteiger partial charge in [0.1, 0.15) is 5.84 Å². The van der Waals surface area contributed by atoms with E-state index in [1.165, 1.54) is 17.7 Å². The zero-order chi connectivity index (χ0) is 16.9. The van der Waals surface area contributed by atoms with Gasteiger partial charge in [-0.15, -0.1) is 0 Å². The van der Waals surface area contributed by atoms with Gasteiger partial charge in [-0.25, -0.2) is 0 Å². The molecule has 24 heavy (non-hydrogen) atoms. The van der Waals surface area contributed by atoms with Crippen LogP contribution in [-0.4, -0.2) is 45.1 Å². The lowest BCUT2D eigenvalue weighted by molar-refractivity contribution is 0.579. The minimum atomic E-state index is 0.772. The Kier molecular flexibility index (Phi) is 9.46. The molecule has 134 valence electrons. The van der Waals surface area contributed by atoms with Crippen molar-refractivity contribution in [2.24, 2.45) is 10.7 Å². The molecule has 5 heteroatoms. The molecule has 0 atom stereocenters. The van der Waals surface area contributed by atoms with E-state index in [1.807, 2.05) is 0 Å². The molecule has 5 nitrogen and oxygen atoms in total. The van der Waals surface area contributed by atoms with Gasteiger partial charge in [0.2, 0.25) is 0 Å². The van der Waals surface area contributed by atoms with E-state index >= 15 is 0 Å². The Balaban J connectivity index is 1.53. The number of nitrogens with one attached hydrogen (secondary N) is 3. The van der Waals surface area contributed by atoms with Gasteiger partial charge in [0, 0.05) is 18.7 Å². The first kappa shape index (κ1) is 18.9. The minimum absolute atomic E-state index is 0.772. The summed E-state index contributed by atoms with van der Waals surface area (Å²) >= 11 is 0. The topological polar surface area (TPSA) is 74.5 Å². The summed E-state index contributed by atoms with van der Waals surface area (Å²) in [7, 11) is 0. The van der Waals surface area contributed by atoms with Gasteiger partial charge in [-0.1, -0.05) is 18.2 Å². The van der Waals surface area contributed by atoms with Crippen molar-refractivity contribution in [1.29, 1.82) is 0 Å². The van der Waals surface area contributed by atoms with Crippen molar-refractivity contribution in [3.05, 3.63) is 29.8 Å². The first-order valence-electron chi connectivity index (χ1n) is 9.40. The normalized spacial score (nSPS) is 15.8. The lowest BCUT2D eigenvalue weighted by Gasteiger charge is -2.09. The molecule has 0 saturated heterocycles. The van der Waals surface area contributed by atoms with Crippen LogP contribution in [0.3, 0.4) is 0 Å². The summed E-state index contributed by atoms with van der Waals surface area (Å²) in [5, 5.41) is 10.4. The molecule has 0 unspecified atom stereocenters. The Labute approximate surface area is 146 Å². The fraction of sp³-hybridized carbons (Fsp3) is 0.632. The number of rotatable bonds is 11. The third-order valence-corrected chi connectivity index (χ3v) is 4.24. The molecule has 1 heterocycles. The van der Waals surface area contributed by atoms with Gasteiger partial charge in [0.25, 0.3) is 0 Å². The smallest absolute Gasteiger partial charge is 0.101 e. The average Bonchev–Trinajstić information content (AvgIpc) is 2.81. The van der Waals surface area contributed by atoms with Crippen LogP contribution in [0.15, 0.2) is 29.3 Å². The number of aliphatic imine (C=N–C) groups is 1. The number of aryl methyl sites for hydroxylation is 1. The highest BCUT2D eigenvalue weighted by atomic mass is 15.0. The van der Waals surface area contributed by atoms with Crippen LogP contribution in [0.1, 0.15) is 37.7 Å². The molecule has 2 rings (SSSR count). The van der Waals surface area contributed by atoms with E-state index in [0.717, 1.165) is 77.2 Å². The number of amidine groups is 1. The van der Waals surface area contributed by atoms with Crippen LogP contribution in [0.25, 0.3) is 0 Å². The molecular weight excluding hydrogens is 298 g/mol. The summed E-state index contributed by atoms with van der Waals surface area (Å²) in [6.07, 6.45) is 6.69. The Morgan fingerprint density at radius 2 is 1.71 bits per heavy atom. The largest absolute Gasteiger partial charge is 0.344 e. The molecule has 1 aromatic rings. The molecular formula is C19H33N5. The maximum absolute atomic E-state index is 5.46. The lowest BCUT2D eigenvalue weighted by Crippen LogP contribution is -2.24. The predicted octanol–water partition coefficient (Wildman–Crippen LogP) is 2.14. The Morgan fingerprint density at radius 3 is 2.54 bits per heavy atom. The molecule has 0 bridgehead atoms. The number of nitrogens with zero attached hydrogens (tertiary/aromatic N) is 1. The van der Waals surface area contributed by atoms with E-state index in [2.05, 4.69) is 40.2 Å². The van der Waals surface area contributed by atoms with Gasteiger partial charge in [-0.3, -0.25) is 4.99 Å². The Morgan fingerprint density at radius 1 is 0.958 bits per heavy atom. The standard InChI is InChI=1S/C19H33N5/c20-11-4-12-21-13-5-14-22-15-6-16-23-19-10-3-8-17-7-1-2-9-18(17)24-19/h1-2,7,9,21-22H,3-6,8,10-16,20H2,(H,23,24). The van der Waals surface area contributed by atoms with Gasteiger partial charge in [-0.05, 0) is 76.5 Å². The lowest BCUT2D eigenvalue weighted by atomic mass is 10.1. The van der Waals surface area contributed by atoms with Crippen LogP contribution in [0.2, 0.25) is 0 Å². The fourth-order valence-electron chi connectivity index (χ4n) is 2.88. The molecule has 0 saturated carbocycles. The second kappa shape index (κ2) is 12.0. The number of hydrogen-bond donors (Lipinski definition) is 4. The van der Waals surface area contributed by atoms with Crippen molar-refractivity contribution in [1.82, 2.24) is 10.6 Å². The van der Waals surface area contributed by atoms with Gasteiger partial charge >= 0.3 is 0 Å². The van der Waals surface area contributed by atoms with Gasteiger partial charge in [0.15, 0.2) is 0 Å². The number of anilines is 1. The molecule has 0 aromatic heterocycles. The average molecular weight is 332 g/mol. The van der Waals surface area contributed by atoms with Crippen molar-refractivity contribution in [3.63, 3.8) is 0 Å². The van der Waals surface area contributed by atoms with Crippen molar-refractivity contribution in [3.8, 4) is 0 Å². The van der Waals surface area contributed by atoms with Gasteiger partial charge < -0.3 is 21.7 Å². The molecule has 1 aliphatic heterocycles. The molecule has 1 aromatic carbocycles. The second-order valence-electron chi connectivity index (χ2n) is 6.31. The number of fused-ring (bicyclic) bond motifs is 1. The molecule has 0 spiro atoms. The first-order chi connectivity index (χ1) is 11.9. The van der Waals surface area contributed by atoms with Crippen LogP contribution < -0.4 is 21.7 Å². The van der Waals surface area contributed by atoms with Crippen LogP contribution in [0.5, 0.6) is 0 Å². The predicted molar refractivity (Wildman–Crippen MR) is 104 cm³/mol. The van der Waals surface area contributed by atoms with Gasteiger partial charge in [-0.2, -0.15) is 0 Å². The van der Waals surface area contributed by atoms with Crippen molar-refractivity contribution < 1.29 is 0 Å². The Bertz CT molecular complexity index is 486. The van der Waals surface area contributed by atoms with E-state index in [1.54, 1.807) is 0 Å². The van der Waals surface area contributed by atoms with E-state index in [0.29, 0.717) is 0 Å². The number of nitrogens with two attached hydrogens (primary N) is 1. The second-order valence-corrected chi connectivity index (χ2v) is 6.31. The SMILES string of the molecule is NCCCNCCCNCCCN=C1CCCc2ccccc2N1. The molecule has 0 fully saturated rings. The van der Waals surface area contributed by atoms with E-state index in [9.17, 15) is 0 Å². The highest BCUT2D eigenvalue weighted by Crippen LogP contribution is 2.21. The summed E-state index contributed by atoms with van der Waals surface area (Å²) < 4.78 is 0. The zero-order valence-electron chi connectivity index (χ0n) is 14.8. The fourth-order valence-corrected chi connectivity index (χ4v) is 2.88. The summed E-state index contributed by atoms with van der Waals surface area (Å²) in [5.41, 5.74) is 8.09. The third-order valence-electron chi connectivity index (χ3n) is 4.24. The molecule has 0 radical (unpaired) electrons. The van der Waals surface area contributed by atoms with Gasteiger partial charge in [0.05, 0.1) is 0 Å². The number of hydrogen-bond acceptors (Lipinski definition) is 4.